The Kier molecular flexibility index (Phi) is 6.40. The molecule has 25 heavy (non-hydrogen) atoms. The summed E-state index contributed by atoms with van der Waals surface area (Å²) in [6.45, 7) is 0.349. The second kappa shape index (κ2) is 8.14. The third kappa shape index (κ3) is 3.95. The van der Waals surface area contributed by atoms with Crippen LogP contribution < -0.4 is 11.1 Å². The number of aromatic amines is 1. The minimum absolute atomic E-state index is 0. The fourth-order valence-electron chi connectivity index (χ4n) is 2.69. The first kappa shape index (κ1) is 19.7. The highest BCUT2D eigenvalue weighted by atomic mass is 35.5. The maximum Gasteiger partial charge on any atom is 0.275 e. The van der Waals surface area contributed by atoms with Crippen molar-refractivity contribution in [2.24, 2.45) is 5.73 Å². The molecule has 0 bridgehead atoms. The maximum atomic E-state index is 12.2. The van der Waals surface area contributed by atoms with Gasteiger partial charge in [-0.2, -0.15) is 0 Å². The van der Waals surface area contributed by atoms with Crippen molar-refractivity contribution >= 4 is 58.8 Å². The van der Waals surface area contributed by atoms with Crippen molar-refractivity contribution in [1.82, 2.24) is 15.0 Å². The Hall–Kier alpha value is -1.67. The number of hydrogen-bond acceptors (Lipinski definition) is 5. The topological polar surface area (TPSA) is 96.7 Å². The molecular weight excluding hydrogens is 381 g/mol. The van der Waals surface area contributed by atoms with Gasteiger partial charge in [0.05, 0.1) is 11.0 Å². The Morgan fingerprint density at radius 3 is 2.76 bits per heavy atom. The van der Waals surface area contributed by atoms with E-state index in [4.69, 9.17) is 5.73 Å². The number of anilines is 1. The number of carbonyl (C=O) groups excluding carboxylic acids is 1. The lowest BCUT2D eigenvalue weighted by Crippen LogP contribution is -2.12. The normalized spacial score (nSPS) is 13.6. The number of halogens is 2. The number of thiazole rings is 1. The molecule has 134 valence electrons. The number of amides is 1. The highest BCUT2D eigenvalue weighted by molar-refractivity contribution is 7.09. The van der Waals surface area contributed by atoms with Crippen LogP contribution in [0.4, 0.5) is 5.69 Å². The zero-order chi connectivity index (χ0) is 15.8. The summed E-state index contributed by atoms with van der Waals surface area (Å²) in [5.74, 6) is 1.39. The smallest absolute Gasteiger partial charge is 0.275 e. The molecule has 6 nitrogen and oxygen atoms in total. The summed E-state index contributed by atoms with van der Waals surface area (Å²) < 4.78 is 0. The standard InChI is InChI=1S/C16H17N5OS.2ClH/c17-7-14-19-13(8-23-14)16(22)18-10-4-5-11-12(6-10)21-15(20-11)9-2-1-3-9;;/h4-6,8-9H,1-3,7,17H2,(H,18,22)(H,20,21);2*1H. The van der Waals surface area contributed by atoms with Crippen LogP contribution in [0.5, 0.6) is 0 Å². The SMILES string of the molecule is Cl.Cl.NCc1nc(C(=O)Nc2ccc3nc(C4CCC4)[nH]c3c2)cs1. The number of nitrogens with zero attached hydrogens (tertiary/aromatic N) is 2. The monoisotopic (exact) mass is 399 g/mol. The van der Waals surface area contributed by atoms with Gasteiger partial charge >= 0.3 is 0 Å². The van der Waals surface area contributed by atoms with Gasteiger partial charge in [0.1, 0.15) is 16.5 Å². The lowest BCUT2D eigenvalue weighted by atomic mass is 9.85. The molecular formula is C16H19Cl2N5OS. The lowest BCUT2D eigenvalue weighted by molar-refractivity contribution is 0.102. The molecule has 0 radical (unpaired) electrons. The van der Waals surface area contributed by atoms with E-state index in [0.717, 1.165) is 27.6 Å². The molecule has 4 N–H and O–H groups in total. The van der Waals surface area contributed by atoms with E-state index in [9.17, 15) is 4.79 Å². The first-order valence-corrected chi connectivity index (χ1v) is 8.56. The van der Waals surface area contributed by atoms with E-state index in [-0.39, 0.29) is 30.7 Å². The second-order valence-corrected chi connectivity index (χ2v) is 6.71. The molecule has 1 amide bonds. The van der Waals surface area contributed by atoms with Gasteiger partial charge in [-0.25, -0.2) is 9.97 Å². The number of imidazole rings is 1. The van der Waals surface area contributed by atoms with E-state index in [2.05, 4.69) is 20.3 Å². The Labute approximate surface area is 161 Å². The summed E-state index contributed by atoms with van der Waals surface area (Å²) in [7, 11) is 0. The van der Waals surface area contributed by atoms with Gasteiger partial charge in [0.15, 0.2) is 0 Å². The maximum absolute atomic E-state index is 12.2. The van der Waals surface area contributed by atoms with Gasteiger partial charge in [0.25, 0.3) is 5.91 Å². The number of fused-ring (bicyclic) bond motifs is 1. The molecule has 0 unspecified atom stereocenters. The predicted octanol–water partition coefficient (Wildman–Crippen LogP) is 3.84. The predicted molar refractivity (Wildman–Crippen MR) is 105 cm³/mol. The molecule has 0 spiro atoms. The van der Waals surface area contributed by atoms with E-state index in [1.54, 1.807) is 5.38 Å². The van der Waals surface area contributed by atoms with Crippen molar-refractivity contribution in [3.05, 3.63) is 40.1 Å². The minimum atomic E-state index is -0.223. The summed E-state index contributed by atoms with van der Waals surface area (Å²) in [6, 6.07) is 5.70. The Bertz CT molecular complexity index is 874. The van der Waals surface area contributed by atoms with Crippen LogP contribution in [-0.4, -0.2) is 20.9 Å². The van der Waals surface area contributed by atoms with Gasteiger partial charge in [0.2, 0.25) is 0 Å². The Balaban J connectivity index is 0.00000113. The molecule has 1 saturated carbocycles. The van der Waals surface area contributed by atoms with Crippen LogP contribution >= 0.6 is 36.2 Å². The fraction of sp³-hybridized carbons (Fsp3) is 0.312. The van der Waals surface area contributed by atoms with Gasteiger partial charge in [-0.3, -0.25) is 4.79 Å². The summed E-state index contributed by atoms with van der Waals surface area (Å²) in [5.41, 5.74) is 8.54. The quantitative estimate of drug-likeness (QED) is 0.620. The molecule has 4 rings (SSSR count). The Morgan fingerprint density at radius 2 is 2.12 bits per heavy atom. The van der Waals surface area contributed by atoms with Crippen LogP contribution in [0.2, 0.25) is 0 Å². The van der Waals surface area contributed by atoms with Crippen molar-refractivity contribution in [2.45, 2.75) is 31.7 Å². The van der Waals surface area contributed by atoms with Crippen LogP contribution in [0, 0.1) is 0 Å². The molecule has 0 aliphatic heterocycles. The van der Waals surface area contributed by atoms with Crippen LogP contribution in [0.1, 0.15) is 46.5 Å². The van der Waals surface area contributed by atoms with E-state index >= 15 is 0 Å². The number of benzene rings is 1. The number of H-pyrrole nitrogens is 1. The first-order valence-electron chi connectivity index (χ1n) is 7.68. The third-order valence-corrected chi connectivity index (χ3v) is 5.08. The number of nitrogens with two attached hydrogens (primary N) is 1. The molecule has 1 aromatic carbocycles. The average Bonchev–Trinajstić information content (AvgIpc) is 3.11. The van der Waals surface area contributed by atoms with E-state index in [0.29, 0.717) is 18.2 Å². The molecule has 0 saturated heterocycles. The highest BCUT2D eigenvalue weighted by Gasteiger charge is 2.22. The molecule has 3 aromatic rings. The van der Waals surface area contributed by atoms with Crippen molar-refractivity contribution < 1.29 is 4.79 Å². The number of rotatable bonds is 4. The van der Waals surface area contributed by atoms with Gasteiger partial charge in [-0.15, -0.1) is 36.2 Å². The van der Waals surface area contributed by atoms with E-state index in [1.807, 2.05) is 18.2 Å². The van der Waals surface area contributed by atoms with Crippen LogP contribution in [-0.2, 0) is 6.54 Å². The van der Waals surface area contributed by atoms with Crippen LogP contribution in [0.25, 0.3) is 11.0 Å². The molecule has 1 fully saturated rings. The molecule has 2 heterocycles. The molecule has 1 aliphatic carbocycles. The molecule has 0 atom stereocenters. The second-order valence-electron chi connectivity index (χ2n) is 5.77. The zero-order valence-electron chi connectivity index (χ0n) is 13.3. The largest absolute Gasteiger partial charge is 0.342 e. The van der Waals surface area contributed by atoms with Crippen molar-refractivity contribution in [3.8, 4) is 0 Å². The summed E-state index contributed by atoms with van der Waals surface area (Å²) in [5, 5.41) is 5.35. The summed E-state index contributed by atoms with van der Waals surface area (Å²) in [6.07, 6.45) is 3.69. The first-order chi connectivity index (χ1) is 11.2. The molecule has 9 heteroatoms. The van der Waals surface area contributed by atoms with Crippen LogP contribution in [0.15, 0.2) is 23.6 Å². The van der Waals surface area contributed by atoms with Gasteiger partial charge in [0, 0.05) is 23.5 Å². The van der Waals surface area contributed by atoms with Gasteiger partial charge in [-0.1, -0.05) is 6.42 Å². The number of aromatic nitrogens is 3. The van der Waals surface area contributed by atoms with E-state index < -0.39 is 0 Å². The van der Waals surface area contributed by atoms with Gasteiger partial charge in [-0.05, 0) is 31.0 Å². The minimum Gasteiger partial charge on any atom is -0.342 e. The third-order valence-electron chi connectivity index (χ3n) is 4.21. The highest BCUT2D eigenvalue weighted by Crippen LogP contribution is 2.35. The number of carbonyl (C=O) groups is 1. The zero-order valence-corrected chi connectivity index (χ0v) is 15.8. The lowest BCUT2D eigenvalue weighted by Gasteiger charge is -2.22. The van der Waals surface area contributed by atoms with Gasteiger partial charge < -0.3 is 16.0 Å². The Morgan fingerprint density at radius 1 is 1.32 bits per heavy atom. The fourth-order valence-corrected chi connectivity index (χ4v) is 3.34. The van der Waals surface area contributed by atoms with Crippen molar-refractivity contribution in [2.75, 3.05) is 5.32 Å². The van der Waals surface area contributed by atoms with Crippen LogP contribution in [0.3, 0.4) is 0 Å². The summed E-state index contributed by atoms with van der Waals surface area (Å²) >= 11 is 1.39. The number of hydrogen-bond donors (Lipinski definition) is 3. The summed E-state index contributed by atoms with van der Waals surface area (Å²) in [4.78, 5) is 24.4. The van der Waals surface area contributed by atoms with Crippen molar-refractivity contribution in [1.29, 1.82) is 0 Å². The molecule has 2 aromatic heterocycles. The average molecular weight is 400 g/mol. The number of nitrogens with one attached hydrogen (secondary N) is 2. The molecule has 1 aliphatic rings. The van der Waals surface area contributed by atoms with E-state index in [1.165, 1.54) is 30.6 Å². The van der Waals surface area contributed by atoms with Crippen molar-refractivity contribution in [3.63, 3.8) is 0 Å².